The Labute approximate surface area is 368 Å². The number of unbranched alkanes of at least 4 members (excludes halogenated alkanes) is 2. The summed E-state index contributed by atoms with van der Waals surface area (Å²) in [5.74, 6) is -0.220. The number of halogens is 2. The van der Waals surface area contributed by atoms with Crippen LogP contribution in [-0.2, 0) is 56.1 Å². The van der Waals surface area contributed by atoms with E-state index in [2.05, 4.69) is 147 Å². The number of hydrogen-bond acceptors (Lipinski definition) is 2. The number of aryl methyl sites for hydroxylation is 4. The van der Waals surface area contributed by atoms with Crippen LogP contribution in [0.1, 0.15) is 115 Å². The van der Waals surface area contributed by atoms with E-state index >= 15 is 0 Å². The molecule has 305 valence electrons. The van der Waals surface area contributed by atoms with Gasteiger partial charge in [0.1, 0.15) is 0 Å². The Balaban J connectivity index is 0.000000237. The van der Waals surface area contributed by atoms with Gasteiger partial charge in [-0.05, 0) is 47.9 Å². The van der Waals surface area contributed by atoms with Crippen molar-refractivity contribution in [2.24, 2.45) is 0 Å². The molecule has 2 amide bonds. The molecule has 4 nitrogen and oxygen atoms in total. The minimum absolute atomic E-state index is 0.110. The molecule has 8 heteroatoms. The van der Waals surface area contributed by atoms with Gasteiger partial charge in [0, 0.05) is 12.8 Å². The molecule has 0 aliphatic carbocycles. The molecule has 0 aliphatic heterocycles. The van der Waals surface area contributed by atoms with E-state index in [9.17, 15) is 9.59 Å². The van der Waals surface area contributed by atoms with E-state index in [0.717, 1.165) is 12.8 Å². The van der Waals surface area contributed by atoms with Gasteiger partial charge in [0.25, 0.3) is 0 Å². The van der Waals surface area contributed by atoms with E-state index in [1.54, 1.807) is 13.8 Å². The predicted molar refractivity (Wildman–Crippen MR) is 249 cm³/mol. The summed E-state index contributed by atoms with van der Waals surface area (Å²) in [4.78, 5) is 21.2. The van der Waals surface area contributed by atoms with Gasteiger partial charge in [-0.1, -0.05) is 152 Å². The molecule has 6 aromatic carbocycles. The number of carbonyl (C=O) groups is 2. The Kier molecular flexibility index (Phi) is 23.7. The molecular formula is C50H62BCl2N2O2Zr. The van der Waals surface area contributed by atoms with Crippen molar-refractivity contribution >= 4 is 57.9 Å². The van der Waals surface area contributed by atoms with Crippen molar-refractivity contribution in [2.75, 3.05) is 0 Å². The van der Waals surface area contributed by atoms with E-state index in [4.69, 9.17) is 17.0 Å². The van der Waals surface area contributed by atoms with Crippen molar-refractivity contribution in [1.29, 1.82) is 0 Å². The Morgan fingerprint density at radius 1 is 0.534 bits per heavy atom. The molecular weight excluding hydrogens is 834 g/mol. The summed E-state index contributed by atoms with van der Waals surface area (Å²) < 4.78 is 0. The molecule has 0 aliphatic rings. The quantitative estimate of drug-likeness (QED) is 0.0751. The van der Waals surface area contributed by atoms with Crippen molar-refractivity contribution in [3.05, 3.63) is 131 Å². The van der Waals surface area contributed by atoms with Gasteiger partial charge in [0.05, 0.1) is 0 Å². The topological polar surface area (TPSA) is 58.2 Å². The zero-order valence-corrected chi connectivity index (χ0v) is 39.5. The molecule has 0 heterocycles. The maximum absolute atomic E-state index is 10.6. The van der Waals surface area contributed by atoms with Crippen LogP contribution in [0.4, 0.5) is 0 Å². The number of carbonyl (C=O) groups excluding carboxylic acids is 2. The first-order chi connectivity index (χ1) is 28.3. The van der Waals surface area contributed by atoms with Crippen molar-refractivity contribution in [1.82, 2.24) is 10.5 Å². The molecule has 0 unspecified atom stereocenters. The van der Waals surface area contributed by atoms with Crippen LogP contribution >= 0.6 is 17.0 Å². The second-order valence-corrected chi connectivity index (χ2v) is 18.2. The number of rotatable bonds is 16. The van der Waals surface area contributed by atoms with E-state index in [0.29, 0.717) is 12.8 Å². The zero-order chi connectivity index (χ0) is 42.1. The van der Waals surface area contributed by atoms with Gasteiger partial charge in [-0.25, -0.2) is 0 Å². The maximum atomic E-state index is 10.6. The van der Waals surface area contributed by atoms with Crippen LogP contribution < -0.4 is 10.5 Å². The first-order valence-electron chi connectivity index (χ1n) is 21.2. The SMILES string of the molecule is CCC(=O)N[B]NC(=O)CC.CCCCc1cc2c(-c3ccccc3CCC)cccc2[cH-]1.CCCCc1cc2c(-c3ccccc3CCC)cccc2[cH-]1.[Cl][Zr+2][Cl]. The summed E-state index contributed by atoms with van der Waals surface area (Å²) in [6.45, 7) is 12.5. The molecule has 0 aromatic heterocycles. The minimum atomic E-state index is -0.826. The summed E-state index contributed by atoms with van der Waals surface area (Å²) >= 11 is -0.826. The summed E-state index contributed by atoms with van der Waals surface area (Å²) in [5.41, 5.74) is 11.5. The van der Waals surface area contributed by atoms with Crippen LogP contribution in [-0.4, -0.2) is 19.4 Å². The second kappa shape index (κ2) is 28.1. The molecule has 2 N–H and O–H groups in total. The molecule has 0 saturated carbocycles. The number of nitrogens with one attached hydrogen (secondary N) is 2. The number of amides is 2. The van der Waals surface area contributed by atoms with Gasteiger partial charge in [-0.2, -0.15) is 12.1 Å². The first kappa shape index (κ1) is 48.9. The van der Waals surface area contributed by atoms with Crippen LogP contribution in [0.25, 0.3) is 43.8 Å². The molecule has 58 heavy (non-hydrogen) atoms. The van der Waals surface area contributed by atoms with Gasteiger partial charge >= 0.3 is 45.4 Å². The van der Waals surface area contributed by atoms with Crippen LogP contribution in [0.15, 0.2) is 109 Å². The third-order valence-corrected chi connectivity index (χ3v) is 10.0. The van der Waals surface area contributed by atoms with Crippen LogP contribution in [0.2, 0.25) is 0 Å². The Hall–Kier alpha value is -3.43. The van der Waals surface area contributed by atoms with Crippen molar-refractivity contribution in [3.8, 4) is 22.3 Å². The van der Waals surface area contributed by atoms with E-state index in [-0.39, 0.29) is 11.8 Å². The van der Waals surface area contributed by atoms with Gasteiger partial charge in [0.2, 0.25) is 11.8 Å². The van der Waals surface area contributed by atoms with E-state index < -0.39 is 20.8 Å². The fraction of sp³-hybridized carbons (Fsp3) is 0.360. The van der Waals surface area contributed by atoms with E-state index in [1.807, 2.05) is 0 Å². The summed E-state index contributed by atoms with van der Waals surface area (Å²) in [5, 5.41) is 10.4. The fourth-order valence-corrected chi connectivity index (χ4v) is 7.06. The van der Waals surface area contributed by atoms with Gasteiger partial charge in [-0.3, -0.25) is 9.59 Å². The Morgan fingerprint density at radius 3 is 1.28 bits per heavy atom. The molecule has 1 radical (unpaired) electrons. The molecule has 0 spiro atoms. The number of hydrogen-bond donors (Lipinski definition) is 2. The van der Waals surface area contributed by atoms with E-state index in [1.165, 1.54) is 125 Å². The summed E-state index contributed by atoms with van der Waals surface area (Å²) in [7, 11) is 11.1. The fourth-order valence-electron chi connectivity index (χ4n) is 7.06. The number of fused-ring (bicyclic) bond motifs is 2. The van der Waals surface area contributed by atoms with Crippen molar-refractivity contribution in [2.45, 2.75) is 119 Å². The van der Waals surface area contributed by atoms with Gasteiger partial charge in [0.15, 0.2) is 0 Å². The third kappa shape index (κ3) is 15.6. The van der Waals surface area contributed by atoms with Crippen LogP contribution in [0.5, 0.6) is 0 Å². The molecule has 0 atom stereocenters. The average Bonchev–Trinajstić information content (AvgIpc) is 3.87. The molecule has 0 bridgehead atoms. The van der Waals surface area contributed by atoms with Gasteiger partial charge in [-0.15, -0.1) is 69.1 Å². The zero-order valence-electron chi connectivity index (χ0n) is 35.5. The number of benzene rings is 4. The van der Waals surface area contributed by atoms with Gasteiger partial charge < -0.3 is 10.5 Å². The normalized spacial score (nSPS) is 10.3. The molecule has 0 saturated heterocycles. The molecule has 0 fully saturated rings. The van der Waals surface area contributed by atoms with Crippen molar-refractivity contribution in [3.63, 3.8) is 0 Å². The average molecular weight is 896 g/mol. The third-order valence-electron chi connectivity index (χ3n) is 10.0. The summed E-state index contributed by atoms with van der Waals surface area (Å²) in [6.07, 6.45) is 13.0. The van der Waals surface area contributed by atoms with Crippen LogP contribution in [0.3, 0.4) is 0 Å². The monoisotopic (exact) mass is 893 g/mol. The Bertz CT molecular complexity index is 1960. The predicted octanol–water partition coefficient (Wildman–Crippen LogP) is 14.0. The molecule has 6 rings (SSSR count). The first-order valence-corrected chi connectivity index (χ1v) is 27.5. The summed E-state index contributed by atoms with van der Waals surface area (Å²) in [6, 6.07) is 40.7. The van der Waals surface area contributed by atoms with Crippen molar-refractivity contribution < 1.29 is 30.4 Å². The molecule has 6 aromatic rings. The second-order valence-electron chi connectivity index (χ2n) is 14.4. The van der Waals surface area contributed by atoms with Crippen LogP contribution in [0, 0.1) is 0 Å². The Morgan fingerprint density at radius 2 is 0.914 bits per heavy atom. The standard InChI is InChI=1S/2C22H25.C6H12BN2O2.2ClH.Zr/c2*1-3-5-10-17-15-19-12-8-14-21(22(19)16-17)20-13-7-6-11-18(20)9-4-2;1-3-5(10)8-7-9-6(11)4-2;;;/h2*6-8,11-16H,3-5,9-10H2,1-2H3;3-4H2,1-2H3,(H,8,10)(H,9,11);2*1H;/q2*-1;;;;+4/p-2.